The molecule has 0 bridgehead atoms. The summed E-state index contributed by atoms with van der Waals surface area (Å²) in [7, 11) is 0. The molecule has 1 aromatic heterocycles. The minimum Gasteiger partial charge on any atom is -0.432 e. The number of hydrogen-bond acceptors (Lipinski definition) is 5. The smallest absolute Gasteiger partial charge is 0.311 e. The summed E-state index contributed by atoms with van der Waals surface area (Å²) < 4.78 is 5.49. The molecule has 1 heterocycles. The molecule has 1 aromatic carbocycles. The summed E-state index contributed by atoms with van der Waals surface area (Å²) in [5.41, 5.74) is 0.955. The quantitative estimate of drug-likeness (QED) is 0.650. The fourth-order valence-corrected chi connectivity index (χ4v) is 1.94. The highest BCUT2D eigenvalue weighted by atomic mass is 16.6. The number of rotatable bonds is 6. The highest BCUT2D eigenvalue weighted by Gasteiger charge is 2.15. The Morgan fingerprint density at radius 2 is 2.10 bits per heavy atom. The molecule has 0 spiro atoms. The molecule has 0 aliphatic carbocycles. The van der Waals surface area contributed by atoms with Gasteiger partial charge in [-0.05, 0) is 25.1 Å². The van der Waals surface area contributed by atoms with Crippen LogP contribution < -0.4 is 10.1 Å². The number of ether oxygens (including phenoxy) is 1. The van der Waals surface area contributed by atoms with Gasteiger partial charge in [0.25, 0.3) is 0 Å². The molecular formula is C15H17N3O3. The van der Waals surface area contributed by atoms with Gasteiger partial charge in [-0.15, -0.1) is 0 Å². The van der Waals surface area contributed by atoms with Gasteiger partial charge in [0.05, 0.1) is 4.92 Å². The number of benzene rings is 1. The van der Waals surface area contributed by atoms with E-state index in [1.54, 1.807) is 30.5 Å². The zero-order valence-electron chi connectivity index (χ0n) is 11.9. The Hall–Kier alpha value is -2.47. The molecule has 6 heteroatoms. The first-order valence-electron chi connectivity index (χ1n) is 6.72. The fraction of sp³-hybridized carbons (Fsp3) is 0.267. The molecule has 0 fully saturated rings. The summed E-state index contributed by atoms with van der Waals surface area (Å²) >= 11 is 0. The van der Waals surface area contributed by atoms with Crippen LogP contribution in [-0.4, -0.2) is 16.5 Å². The predicted octanol–water partition coefficient (Wildman–Crippen LogP) is 3.45. The molecule has 0 aliphatic heterocycles. The maximum atomic E-state index is 10.9. The van der Waals surface area contributed by atoms with E-state index in [4.69, 9.17) is 4.74 Å². The molecule has 1 N–H and O–H groups in total. The number of hydrogen-bond donors (Lipinski definition) is 1. The largest absolute Gasteiger partial charge is 0.432 e. The standard InChI is InChI=1S/C15H17N3O3/c1-3-16-11(2)12-8-9-15(17-10-12)21-14-7-5-4-6-13(14)18(19)20/h4-11,16H,3H2,1-2H3. The minimum atomic E-state index is -0.475. The lowest BCUT2D eigenvalue weighted by Gasteiger charge is -2.12. The second-order valence-corrected chi connectivity index (χ2v) is 4.54. The van der Waals surface area contributed by atoms with Crippen LogP contribution >= 0.6 is 0 Å². The van der Waals surface area contributed by atoms with Crippen molar-refractivity contribution in [3.63, 3.8) is 0 Å². The lowest BCUT2D eigenvalue weighted by Crippen LogP contribution is -2.17. The Morgan fingerprint density at radius 1 is 1.33 bits per heavy atom. The third-order valence-electron chi connectivity index (χ3n) is 3.05. The Balaban J connectivity index is 2.16. The summed E-state index contributed by atoms with van der Waals surface area (Å²) in [6.07, 6.45) is 1.71. The van der Waals surface area contributed by atoms with Gasteiger partial charge >= 0.3 is 5.69 Å². The molecule has 0 radical (unpaired) electrons. The number of para-hydroxylation sites is 2. The van der Waals surface area contributed by atoms with Crippen LogP contribution in [0.1, 0.15) is 25.5 Å². The van der Waals surface area contributed by atoms with Crippen LogP contribution in [0.15, 0.2) is 42.6 Å². The lowest BCUT2D eigenvalue weighted by molar-refractivity contribution is -0.385. The molecule has 1 unspecified atom stereocenters. The van der Waals surface area contributed by atoms with Gasteiger partial charge in [0.15, 0.2) is 0 Å². The van der Waals surface area contributed by atoms with E-state index < -0.39 is 4.92 Å². The SMILES string of the molecule is CCNC(C)c1ccc(Oc2ccccc2[N+](=O)[O-])nc1. The van der Waals surface area contributed by atoms with Crippen LogP contribution in [0.3, 0.4) is 0 Å². The number of nitro benzene ring substituents is 1. The van der Waals surface area contributed by atoms with Crippen molar-refractivity contribution in [3.05, 3.63) is 58.3 Å². The zero-order chi connectivity index (χ0) is 15.2. The van der Waals surface area contributed by atoms with E-state index in [0.29, 0.717) is 5.88 Å². The number of nitrogens with one attached hydrogen (secondary N) is 1. The highest BCUT2D eigenvalue weighted by Crippen LogP contribution is 2.30. The van der Waals surface area contributed by atoms with Crippen LogP contribution in [0.4, 0.5) is 5.69 Å². The second kappa shape index (κ2) is 6.81. The average Bonchev–Trinajstić information content (AvgIpc) is 2.48. The van der Waals surface area contributed by atoms with E-state index in [-0.39, 0.29) is 17.5 Å². The van der Waals surface area contributed by atoms with Crippen molar-refractivity contribution in [3.8, 4) is 11.6 Å². The molecule has 0 saturated carbocycles. The molecule has 0 amide bonds. The van der Waals surface area contributed by atoms with E-state index in [9.17, 15) is 10.1 Å². The van der Waals surface area contributed by atoms with Gasteiger partial charge in [0, 0.05) is 24.4 Å². The topological polar surface area (TPSA) is 77.3 Å². The van der Waals surface area contributed by atoms with Crippen LogP contribution in [-0.2, 0) is 0 Å². The normalized spacial score (nSPS) is 11.9. The summed E-state index contributed by atoms with van der Waals surface area (Å²) in [6, 6.07) is 10.0. The molecule has 2 rings (SSSR count). The summed E-state index contributed by atoms with van der Waals surface area (Å²) in [5, 5.41) is 14.2. The fourth-order valence-electron chi connectivity index (χ4n) is 1.94. The first kappa shape index (κ1) is 14.9. The van der Waals surface area contributed by atoms with Gasteiger partial charge in [0.2, 0.25) is 11.6 Å². The summed E-state index contributed by atoms with van der Waals surface area (Å²) in [5.74, 6) is 0.513. The van der Waals surface area contributed by atoms with Gasteiger partial charge in [-0.25, -0.2) is 4.98 Å². The van der Waals surface area contributed by atoms with Crippen molar-refractivity contribution >= 4 is 5.69 Å². The van der Waals surface area contributed by atoms with E-state index >= 15 is 0 Å². The Morgan fingerprint density at radius 3 is 2.71 bits per heavy atom. The van der Waals surface area contributed by atoms with Crippen molar-refractivity contribution in [1.29, 1.82) is 0 Å². The van der Waals surface area contributed by atoms with E-state index in [1.165, 1.54) is 6.07 Å². The van der Waals surface area contributed by atoms with Gasteiger partial charge in [-0.2, -0.15) is 0 Å². The molecule has 0 saturated heterocycles. The Bertz CT molecular complexity index is 614. The van der Waals surface area contributed by atoms with Crippen LogP contribution in [0.25, 0.3) is 0 Å². The van der Waals surface area contributed by atoms with Crippen molar-refractivity contribution in [2.45, 2.75) is 19.9 Å². The average molecular weight is 287 g/mol. The van der Waals surface area contributed by atoms with Gasteiger partial charge in [0.1, 0.15) is 0 Å². The summed E-state index contributed by atoms with van der Waals surface area (Å²) in [6.45, 7) is 4.95. The first-order valence-corrected chi connectivity index (χ1v) is 6.72. The maximum absolute atomic E-state index is 10.9. The molecule has 6 nitrogen and oxygen atoms in total. The van der Waals surface area contributed by atoms with Crippen molar-refractivity contribution in [2.24, 2.45) is 0 Å². The van der Waals surface area contributed by atoms with Crippen LogP contribution in [0.5, 0.6) is 11.6 Å². The number of nitrogens with zero attached hydrogens (tertiary/aromatic N) is 2. The van der Waals surface area contributed by atoms with E-state index in [1.807, 2.05) is 19.9 Å². The third kappa shape index (κ3) is 3.76. The van der Waals surface area contributed by atoms with Gasteiger partial charge in [-0.1, -0.05) is 25.1 Å². The molecule has 1 atom stereocenters. The van der Waals surface area contributed by atoms with E-state index in [0.717, 1.165) is 12.1 Å². The molecule has 110 valence electrons. The highest BCUT2D eigenvalue weighted by molar-refractivity contribution is 5.47. The maximum Gasteiger partial charge on any atom is 0.311 e. The molecule has 2 aromatic rings. The monoisotopic (exact) mass is 287 g/mol. The lowest BCUT2D eigenvalue weighted by atomic mass is 10.1. The number of aromatic nitrogens is 1. The van der Waals surface area contributed by atoms with Crippen molar-refractivity contribution in [1.82, 2.24) is 10.3 Å². The van der Waals surface area contributed by atoms with Crippen LogP contribution in [0.2, 0.25) is 0 Å². The van der Waals surface area contributed by atoms with Gasteiger partial charge < -0.3 is 10.1 Å². The van der Waals surface area contributed by atoms with E-state index in [2.05, 4.69) is 10.3 Å². The zero-order valence-corrected chi connectivity index (χ0v) is 11.9. The minimum absolute atomic E-state index is 0.0793. The third-order valence-corrected chi connectivity index (χ3v) is 3.05. The second-order valence-electron chi connectivity index (χ2n) is 4.54. The molecular weight excluding hydrogens is 270 g/mol. The Kier molecular flexibility index (Phi) is 4.84. The van der Waals surface area contributed by atoms with Crippen LogP contribution in [0, 0.1) is 10.1 Å². The van der Waals surface area contributed by atoms with Crippen molar-refractivity contribution in [2.75, 3.05) is 6.54 Å². The number of nitro groups is 1. The molecule has 21 heavy (non-hydrogen) atoms. The van der Waals surface area contributed by atoms with Gasteiger partial charge in [-0.3, -0.25) is 10.1 Å². The molecule has 0 aliphatic rings. The Labute approximate surface area is 122 Å². The summed E-state index contributed by atoms with van der Waals surface area (Å²) in [4.78, 5) is 14.6. The predicted molar refractivity (Wildman–Crippen MR) is 79.5 cm³/mol. The number of pyridine rings is 1. The van der Waals surface area contributed by atoms with Crippen molar-refractivity contribution < 1.29 is 9.66 Å². The first-order chi connectivity index (χ1) is 10.1.